The van der Waals surface area contributed by atoms with Crippen LogP contribution in [0.15, 0.2) is 23.1 Å². The lowest BCUT2D eigenvalue weighted by Gasteiger charge is -2.30. The Morgan fingerprint density at radius 1 is 1.25 bits per heavy atom. The molecule has 0 spiro atoms. The Kier molecular flexibility index (Phi) is 3.57. The Balaban J connectivity index is 1.82. The third-order valence-corrected chi connectivity index (χ3v) is 5.08. The van der Waals surface area contributed by atoms with Gasteiger partial charge in [0.1, 0.15) is 0 Å². The van der Waals surface area contributed by atoms with Crippen LogP contribution in [0.1, 0.15) is 12.8 Å². The molecule has 1 aromatic rings. The first-order valence-corrected chi connectivity index (χ1v) is 8.29. The van der Waals surface area contributed by atoms with Crippen LogP contribution in [0.5, 0.6) is 0 Å². The molecule has 1 saturated carbocycles. The molecule has 0 unspecified atom stereocenters. The van der Waals surface area contributed by atoms with Gasteiger partial charge >= 0.3 is 0 Å². The van der Waals surface area contributed by atoms with Crippen molar-refractivity contribution in [1.82, 2.24) is 4.72 Å². The predicted molar refractivity (Wildman–Crippen MR) is 77.2 cm³/mol. The van der Waals surface area contributed by atoms with Gasteiger partial charge in [-0.2, -0.15) is 0 Å². The molecule has 2 aliphatic rings. The summed E-state index contributed by atoms with van der Waals surface area (Å²) in [5.41, 5.74) is 7.39. The zero-order valence-corrected chi connectivity index (χ0v) is 12.0. The molecule has 1 aliphatic carbocycles. The average molecular weight is 297 g/mol. The first kappa shape index (κ1) is 13.7. The fourth-order valence-electron chi connectivity index (χ4n) is 2.28. The highest BCUT2D eigenvalue weighted by atomic mass is 32.2. The summed E-state index contributed by atoms with van der Waals surface area (Å²) in [5.74, 6) is 0. The normalized spacial score (nSPS) is 20.1. The van der Waals surface area contributed by atoms with E-state index in [2.05, 4.69) is 9.62 Å². The molecule has 110 valence electrons. The minimum absolute atomic E-state index is 0.0974. The fourth-order valence-corrected chi connectivity index (χ4v) is 3.62. The van der Waals surface area contributed by atoms with Gasteiger partial charge in [0.2, 0.25) is 10.0 Å². The number of ether oxygens (including phenoxy) is 1. The van der Waals surface area contributed by atoms with Crippen LogP contribution in [0, 0.1) is 0 Å². The van der Waals surface area contributed by atoms with Crippen LogP contribution >= 0.6 is 0 Å². The highest BCUT2D eigenvalue weighted by Crippen LogP contribution is 2.28. The quantitative estimate of drug-likeness (QED) is 0.793. The van der Waals surface area contributed by atoms with Gasteiger partial charge in [-0.1, -0.05) is 0 Å². The van der Waals surface area contributed by atoms with E-state index in [9.17, 15) is 8.42 Å². The molecule has 0 aromatic heterocycles. The molecule has 0 bridgehead atoms. The first-order chi connectivity index (χ1) is 9.56. The number of hydrogen-bond acceptors (Lipinski definition) is 5. The Bertz CT molecular complexity index is 593. The van der Waals surface area contributed by atoms with Crippen LogP contribution in [-0.2, 0) is 14.8 Å². The zero-order chi connectivity index (χ0) is 14.2. The monoisotopic (exact) mass is 297 g/mol. The SMILES string of the molecule is Nc1cc(S(=O)(=O)NC2CC2)ccc1N1CCOCC1. The van der Waals surface area contributed by atoms with Crippen molar-refractivity contribution in [2.45, 2.75) is 23.8 Å². The van der Waals surface area contributed by atoms with E-state index in [4.69, 9.17) is 10.5 Å². The van der Waals surface area contributed by atoms with Gasteiger partial charge < -0.3 is 15.4 Å². The number of morpholine rings is 1. The minimum Gasteiger partial charge on any atom is -0.397 e. The third-order valence-electron chi connectivity index (χ3n) is 3.56. The van der Waals surface area contributed by atoms with E-state index in [1.165, 1.54) is 6.07 Å². The summed E-state index contributed by atoms with van der Waals surface area (Å²) in [4.78, 5) is 2.35. The molecule has 0 atom stereocenters. The number of sulfonamides is 1. The van der Waals surface area contributed by atoms with Gasteiger partial charge in [0.05, 0.1) is 29.5 Å². The van der Waals surface area contributed by atoms with Gasteiger partial charge in [0.25, 0.3) is 0 Å². The standard InChI is InChI=1S/C13H19N3O3S/c14-12-9-11(20(17,18)15-10-1-2-10)3-4-13(12)16-5-7-19-8-6-16/h3-4,9-10,15H,1-2,5-8,14H2. The Morgan fingerprint density at radius 3 is 2.55 bits per heavy atom. The lowest BCUT2D eigenvalue weighted by atomic mass is 10.2. The maximum absolute atomic E-state index is 12.1. The molecule has 1 saturated heterocycles. The maximum Gasteiger partial charge on any atom is 0.240 e. The summed E-state index contributed by atoms with van der Waals surface area (Å²) in [6.07, 6.45) is 1.83. The predicted octanol–water partition coefficient (Wildman–Crippen LogP) is 0.546. The Hall–Kier alpha value is -1.31. The summed E-state index contributed by atoms with van der Waals surface area (Å²) in [7, 11) is -3.44. The smallest absolute Gasteiger partial charge is 0.240 e. The summed E-state index contributed by atoms with van der Waals surface area (Å²) in [5, 5.41) is 0. The van der Waals surface area contributed by atoms with Gasteiger partial charge in [-0.3, -0.25) is 0 Å². The second-order valence-electron chi connectivity index (χ2n) is 5.22. The number of nitrogens with zero attached hydrogens (tertiary/aromatic N) is 1. The number of nitrogens with two attached hydrogens (primary N) is 1. The molecule has 20 heavy (non-hydrogen) atoms. The van der Waals surface area contributed by atoms with Crippen LogP contribution in [0.2, 0.25) is 0 Å². The second-order valence-corrected chi connectivity index (χ2v) is 6.93. The van der Waals surface area contributed by atoms with Crippen molar-refractivity contribution in [2.75, 3.05) is 36.9 Å². The molecule has 1 aliphatic heterocycles. The summed E-state index contributed by atoms with van der Waals surface area (Å²) < 4.78 is 32.2. The molecule has 0 radical (unpaired) electrons. The Labute approximate surface area is 118 Å². The van der Waals surface area contributed by atoms with E-state index < -0.39 is 10.0 Å². The van der Waals surface area contributed by atoms with Crippen LogP contribution in [0.25, 0.3) is 0 Å². The first-order valence-electron chi connectivity index (χ1n) is 6.81. The number of nitrogens with one attached hydrogen (secondary N) is 1. The molecular formula is C13H19N3O3S. The molecule has 3 N–H and O–H groups in total. The number of anilines is 2. The van der Waals surface area contributed by atoms with Crippen molar-refractivity contribution >= 4 is 21.4 Å². The lowest BCUT2D eigenvalue weighted by molar-refractivity contribution is 0.123. The van der Waals surface area contributed by atoms with Gasteiger partial charge in [0, 0.05) is 19.1 Å². The molecule has 0 amide bonds. The van der Waals surface area contributed by atoms with Gasteiger partial charge in [0.15, 0.2) is 0 Å². The summed E-state index contributed by atoms with van der Waals surface area (Å²) in [6, 6.07) is 5.03. The zero-order valence-electron chi connectivity index (χ0n) is 11.2. The van der Waals surface area contributed by atoms with Gasteiger partial charge in [-0.15, -0.1) is 0 Å². The molecule has 1 heterocycles. The van der Waals surface area contributed by atoms with Crippen LogP contribution < -0.4 is 15.4 Å². The van der Waals surface area contributed by atoms with E-state index in [0.717, 1.165) is 31.6 Å². The van der Waals surface area contributed by atoms with Gasteiger partial charge in [-0.25, -0.2) is 13.1 Å². The highest BCUT2D eigenvalue weighted by molar-refractivity contribution is 7.89. The average Bonchev–Trinajstić information content (AvgIpc) is 3.23. The third kappa shape index (κ3) is 2.89. The summed E-state index contributed by atoms with van der Waals surface area (Å²) >= 11 is 0. The van der Waals surface area contributed by atoms with E-state index in [-0.39, 0.29) is 10.9 Å². The van der Waals surface area contributed by atoms with Crippen molar-refractivity contribution in [3.63, 3.8) is 0 Å². The Morgan fingerprint density at radius 2 is 1.95 bits per heavy atom. The molecule has 6 nitrogen and oxygen atoms in total. The van der Waals surface area contributed by atoms with Crippen molar-refractivity contribution in [3.05, 3.63) is 18.2 Å². The number of hydrogen-bond donors (Lipinski definition) is 2. The van der Waals surface area contributed by atoms with Crippen molar-refractivity contribution < 1.29 is 13.2 Å². The lowest BCUT2D eigenvalue weighted by Crippen LogP contribution is -2.36. The van der Waals surface area contributed by atoms with E-state index >= 15 is 0 Å². The van der Waals surface area contributed by atoms with Crippen molar-refractivity contribution in [2.24, 2.45) is 0 Å². The highest BCUT2D eigenvalue weighted by Gasteiger charge is 2.28. The minimum atomic E-state index is -3.44. The molecular weight excluding hydrogens is 278 g/mol. The van der Waals surface area contributed by atoms with Crippen molar-refractivity contribution in [3.8, 4) is 0 Å². The van der Waals surface area contributed by atoms with Crippen LogP contribution in [0.4, 0.5) is 11.4 Å². The van der Waals surface area contributed by atoms with Gasteiger partial charge in [-0.05, 0) is 31.0 Å². The van der Waals surface area contributed by atoms with Crippen LogP contribution in [-0.4, -0.2) is 40.8 Å². The number of nitrogen functional groups attached to an aromatic ring is 1. The number of benzene rings is 1. The summed E-state index contributed by atoms with van der Waals surface area (Å²) in [6.45, 7) is 2.89. The van der Waals surface area contributed by atoms with E-state index in [1.54, 1.807) is 12.1 Å². The second kappa shape index (κ2) is 5.23. The van der Waals surface area contributed by atoms with Crippen molar-refractivity contribution in [1.29, 1.82) is 0 Å². The molecule has 3 rings (SSSR count). The molecule has 7 heteroatoms. The van der Waals surface area contributed by atoms with Crippen LogP contribution in [0.3, 0.4) is 0 Å². The van der Waals surface area contributed by atoms with E-state index in [1.807, 2.05) is 0 Å². The topological polar surface area (TPSA) is 84.7 Å². The largest absolute Gasteiger partial charge is 0.397 e. The molecule has 1 aromatic carbocycles. The number of rotatable bonds is 4. The molecule has 2 fully saturated rings. The maximum atomic E-state index is 12.1. The fraction of sp³-hybridized carbons (Fsp3) is 0.538. The van der Waals surface area contributed by atoms with E-state index in [0.29, 0.717) is 18.9 Å².